The molecule has 1 aromatic carbocycles. The number of hydrogen-bond donors (Lipinski definition) is 0. The Morgan fingerprint density at radius 3 is 2.41 bits per heavy atom. The second-order valence-electron chi connectivity index (χ2n) is 11.3. The topological polar surface area (TPSA) is 112 Å². The van der Waals surface area contributed by atoms with Crippen LogP contribution in [0.15, 0.2) is 21.6 Å². The van der Waals surface area contributed by atoms with Crippen LogP contribution in [0, 0.1) is 19.8 Å². The van der Waals surface area contributed by atoms with Gasteiger partial charge in [-0.15, -0.1) is 0 Å². The van der Waals surface area contributed by atoms with E-state index in [-0.39, 0.29) is 35.1 Å². The van der Waals surface area contributed by atoms with E-state index in [0.717, 1.165) is 39.0 Å². The number of benzene rings is 1. The third kappa shape index (κ3) is 6.29. The van der Waals surface area contributed by atoms with Gasteiger partial charge in [-0.05, 0) is 82.3 Å². The van der Waals surface area contributed by atoms with Gasteiger partial charge in [0.25, 0.3) is 0 Å². The molecule has 1 atom stereocenters. The molecule has 1 unspecified atom stereocenters. The summed E-state index contributed by atoms with van der Waals surface area (Å²) in [6.45, 7) is 9.73. The predicted octanol–water partition coefficient (Wildman–Crippen LogP) is 2.15. The number of sulfonamides is 1. The van der Waals surface area contributed by atoms with Gasteiger partial charge in [0.1, 0.15) is 5.75 Å². The number of aromatic nitrogens is 2. The SMILES string of the molecule is COc1cc(C)c(S(=O)(=O)N(Cc2noc(C(=O)N3CCN(CC4CCCN(C)C4)CC3)n2)C2CC2)c(C)c1. The predicted molar refractivity (Wildman–Crippen MR) is 145 cm³/mol. The van der Waals surface area contributed by atoms with Crippen LogP contribution in [-0.4, -0.2) is 109 Å². The lowest BCUT2D eigenvalue weighted by atomic mass is 9.97. The van der Waals surface area contributed by atoms with Gasteiger partial charge in [-0.2, -0.15) is 9.29 Å². The molecule has 3 heterocycles. The second-order valence-corrected chi connectivity index (χ2v) is 13.1. The molecule has 1 aliphatic carbocycles. The van der Waals surface area contributed by atoms with Crippen molar-refractivity contribution in [1.82, 2.24) is 29.1 Å². The highest BCUT2D eigenvalue weighted by atomic mass is 32.2. The minimum atomic E-state index is -3.82. The zero-order chi connectivity index (χ0) is 27.7. The molecule has 1 saturated carbocycles. The Hall–Kier alpha value is -2.54. The van der Waals surface area contributed by atoms with Crippen LogP contribution < -0.4 is 4.74 Å². The van der Waals surface area contributed by atoms with Crippen LogP contribution in [0.4, 0.5) is 0 Å². The molecule has 0 bridgehead atoms. The molecule has 1 aromatic heterocycles. The Kier molecular flexibility index (Phi) is 8.27. The Morgan fingerprint density at radius 2 is 1.79 bits per heavy atom. The molecule has 11 nitrogen and oxygen atoms in total. The summed E-state index contributed by atoms with van der Waals surface area (Å²) < 4.78 is 39.6. The Balaban J connectivity index is 1.22. The number of hydrogen-bond acceptors (Lipinski definition) is 9. The summed E-state index contributed by atoms with van der Waals surface area (Å²) in [4.78, 5) is 24.3. The van der Waals surface area contributed by atoms with Crippen molar-refractivity contribution in [2.24, 2.45) is 5.92 Å². The largest absolute Gasteiger partial charge is 0.497 e. The van der Waals surface area contributed by atoms with E-state index in [2.05, 4.69) is 27.0 Å². The summed E-state index contributed by atoms with van der Waals surface area (Å²) >= 11 is 0. The normalized spacial score (nSPS) is 21.5. The number of methoxy groups -OCH3 is 1. The fraction of sp³-hybridized carbons (Fsp3) is 0.667. The zero-order valence-corrected chi connectivity index (χ0v) is 24.2. The van der Waals surface area contributed by atoms with Crippen molar-refractivity contribution in [3.63, 3.8) is 0 Å². The van der Waals surface area contributed by atoms with Crippen LogP contribution >= 0.6 is 0 Å². The first-order valence-electron chi connectivity index (χ1n) is 13.9. The van der Waals surface area contributed by atoms with Crippen molar-refractivity contribution in [1.29, 1.82) is 0 Å². The first-order valence-corrected chi connectivity index (χ1v) is 15.3. The molecule has 39 heavy (non-hydrogen) atoms. The zero-order valence-electron chi connectivity index (χ0n) is 23.4. The van der Waals surface area contributed by atoms with Gasteiger partial charge in [0.2, 0.25) is 10.0 Å². The van der Waals surface area contributed by atoms with E-state index < -0.39 is 10.0 Å². The maximum Gasteiger partial charge on any atom is 0.316 e. The van der Waals surface area contributed by atoms with Gasteiger partial charge in [0, 0.05) is 45.3 Å². The molecule has 3 fully saturated rings. The summed E-state index contributed by atoms with van der Waals surface area (Å²) in [5.41, 5.74) is 1.24. The van der Waals surface area contributed by atoms with E-state index in [4.69, 9.17) is 9.26 Å². The maximum absolute atomic E-state index is 13.8. The monoisotopic (exact) mass is 560 g/mol. The number of carbonyl (C=O) groups excluding carboxylic acids is 1. The Morgan fingerprint density at radius 1 is 1.10 bits per heavy atom. The maximum atomic E-state index is 13.8. The fourth-order valence-corrected chi connectivity index (χ4v) is 7.98. The second kappa shape index (κ2) is 11.5. The highest BCUT2D eigenvalue weighted by molar-refractivity contribution is 7.89. The molecule has 2 saturated heterocycles. The summed E-state index contributed by atoms with van der Waals surface area (Å²) in [6.07, 6.45) is 4.06. The van der Waals surface area contributed by atoms with Crippen LogP contribution in [-0.2, 0) is 16.6 Å². The molecule has 2 aromatic rings. The fourth-order valence-electron chi connectivity index (χ4n) is 5.93. The van der Waals surface area contributed by atoms with Gasteiger partial charge in [-0.1, -0.05) is 5.16 Å². The Bertz CT molecular complexity index is 1260. The lowest BCUT2D eigenvalue weighted by molar-refractivity contribution is 0.0544. The number of likely N-dealkylation sites (tertiary alicyclic amines) is 1. The van der Waals surface area contributed by atoms with Crippen molar-refractivity contribution in [2.75, 3.05) is 60.0 Å². The van der Waals surface area contributed by atoms with E-state index >= 15 is 0 Å². The quantitative estimate of drug-likeness (QED) is 0.455. The van der Waals surface area contributed by atoms with Crippen LogP contribution in [0.3, 0.4) is 0 Å². The van der Waals surface area contributed by atoms with Crippen LogP contribution in [0.2, 0.25) is 0 Å². The van der Waals surface area contributed by atoms with Crippen molar-refractivity contribution < 1.29 is 22.5 Å². The molecule has 1 amide bonds. The minimum Gasteiger partial charge on any atom is -0.497 e. The molecular weight excluding hydrogens is 520 g/mol. The molecule has 214 valence electrons. The first kappa shape index (κ1) is 28.0. The van der Waals surface area contributed by atoms with E-state index in [1.165, 1.54) is 23.7 Å². The number of rotatable bonds is 9. The van der Waals surface area contributed by atoms with Crippen LogP contribution in [0.5, 0.6) is 5.75 Å². The van der Waals surface area contributed by atoms with E-state index in [1.54, 1.807) is 38.0 Å². The molecule has 3 aliphatic rings. The third-order valence-corrected chi connectivity index (χ3v) is 10.2. The molecule has 2 aliphatic heterocycles. The van der Waals surface area contributed by atoms with E-state index in [0.29, 0.717) is 35.9 Å². The lowest BCUT2D eigenvalue weighted by Crippen LogP contribution is -2.51. The molecular formula is C27H40N6O5S. The summed E-state index contributed by atoms with van der Waals surface area (Å²) in [7, 11) is -0.0814. The summed E-state index contributed by atoms with van der Waals surface area (Å²) in [6, 6.07) is 3.33. The summed E-state index contributed by atoms with van der Waals surface area (Å²) in [5.74, 6) is 1.11. The van der Waals surface area contributed by atoms with Gasteiger partial charge in [0.15, 0.2) is 5.82 Å². The highest BCUT2D eigenvalue weighted by Crippen LogP contribution is 2.36. The number of ether oxygens (including phenoxy) is 1. The average Bonchev–Trinajstić information content (AvgIpc) is 3.63. The van der Waals surface area contributed by atoms with Crippen molar-refractivity contribution >= 4 is 15.9 Å². The number of nitrogens with zero attached hydrogens (tertiary/aromatic N) is 6. The molecule has 0 radical (unpaired) electrons. The molecule has 0 N–H and O–H groups in total. The average molecular weight is 561 g/mol. The number of carbonyl (C=O) groups is 1. The number of piperazine rings is 1. The standard InChI is InChI=1S/C27H40N6O5S/c1-19-14-23(37-4)15-20(2)25(19)39(35,36)33(22-7-8-22)18-24-28-26(38-29-24)27(34)32-12-10-31(11-13-32)17-21-6-5-9-30(3)16-21/h14-15,21-22H,5-13,16-18H2,1-4H3. The van der Waals surface area contributed by atoms with Gasteiger partial charge in [0.05, 0.1) is 18.6 Å². The first-order chi connectivity index (χ1) is 18.7. The highest BCUT2D eigenvalue weighted by Gasteiger charge is 2.40. The van der Waals surface area contributed by atoms with Gasteiger partial charge >= 0.3 is 11.8 Å². The third-order valence-electron chi connectivity index (χ3n) is 8.04. The number of amides is 1. The minimum absolute atomic E-state index is 0.0434. The summed E-state index contributed by atoms with van der Waals surface area (Å²) in [5, 5.41) is 3.99. The van der Waals surface area contributed by atoms with Crippen molar-refractivity contribution in [3.05, 3.63) is 35.0 Å². The van der Waals surface area contributed by atoms with E-state index in [1.807, 2.05) is 0 Å². The van der Waals surface area contributed by atoms with Crippen LogP contribution in [0.1, 0.15) is 53.3 Å². The van der Waals surface area contributed by atoms with Gasteiger partial charge in [-0.3, -0.25) is 9.69 Å². The van der Waals surface area contributed by atoms with Crippen LogP contribution in [0.25, 0.3) is 0 Å². The van der Waals surface area contributed by atoms with Crippen molar-refractivity contribution in [3.8, 4) is 5.75 Å². The number of piperidine rings is 1. The smallest absolute Gasteiger partial charge is 0.316 e. The lowest BCUT2D eigenvalue weighted by Gasteiger charge is -2.38. The number of aryl methyl sites for hydroxylation is 2. The van der Waals surface area contributed by atoms with Crippen molar-refractivity contribution in [2.45, 2.75) is 57.0 Å². The molecule has 0 spiro atoms. The van der Waals surface area contributed by atoms with E-state index in [9.17, 15) is 13.2 Å². The molecule has 12 heteroatoms. The molecule has 5 rings (SSSR count). The van der Waals surface area contributed by atoms with Gasteiger partial charge < -0.3 is 19.1 Å². The van der Waals surface area contributed by atoms with Gasteiger partial charge in [-0.25, -0.2) is 8.42 Å². The Labute approximate surface area is 231 Å².